The Kier molecular flexibility index (Phi) is 5.48. The summed E-state index contributed by atoms with van der Waals surface area (Å²) in [5.74, 6) is 0.0165. The highest BCUT2D eigenvalue weighted by Gasteiger charge is 2.45. The fourth-order valence-electron chi connectivity index (χ4n) is 3.81. The number of aromatic hydroxyl groups is 3. The van der Waals surface area contributed by atoms with Crippen molar-refractivity contribution in [1.82, 2.24) is 0 Å². The van der Waals surface area contributed by atoms with Crippen LogP contribution in [0, 0.1) is 0 Å². The highest BCUT2D eigenvalue weighted by Crippen LogP contribution is 2.43. The lowest BCUT2D eigenvalue weighted by Gasteiger charge is -2.42. The molecule has 162 valence electrons. The van der Waals surface area contributed by atoms with E-state index in [-0.39, 0.29) is 29.4 Å². The molecule has 0 radical (unpaired) electrons. The number of hydrogen-bond acceptors (Lipinski definition) is 9. The van der Waals surface area contributed by atoms with Crippen LogP contribution >= 0.6 is 0 Å². The van der Waals surface area contributed by atoms with Gasteiger partial charge < -0.3 is 44.8 Å². The first-order chi connectivity index (χ1) is 14.2. The summed E-state index contributed by atoms with van der Waals surface area (Å²) in [7, 11) is 0. The molecule has 4 rings (SSSR count). The lowest BCUT2D eigenvalue weighted by molar-refractivity contribution is -0.310. The van der Waals surface area contributed by atoms with E-state index in [1.807, 2.05) is 0 Å². The van der Waals surface area contributed by atoms with Gasteiger partial charge in [0.25, 0.3) is 0 Å². The fourth-order valence-corrected chi connectivity index (χ4v) is 3.81. The summed E-state index contributed by atoms with van der Waals surface area (Å²) in [5.41, 5.74) is 1.05. The molecule has 2 aliphatic rings. The second kappa shape index (κ2) is 7.93. The van der Waals surface area contributed by atoms with E-state index in [0.29, 0.717) is 11.1 Å². The van der Waals surface area contributed by atoms with Gasteiger partial charge in [0.1, 0.15) is 47.4 Å². The van der Waals surface area contributed by atoms with Crippen molar-refractivity contribution in [2.75, 3.05) is 0 Å². The first-order valence-electron chi connectivity index (χ1n) is 9.60. The van der Waals surface area contributed by atoms with Crippen LogP contribution in [-0.4, -0.2) is 67.4 Å². The Balaban J connectivity index is 1.66. The third kappa shape index (κ3) is 3.78. The molecule has 0 aromatic heterocycles. The molecule has 9 heteroatoms. The molecule has 0 amide bonds. The molecule has 0 unspecified atom stereocenters. The number of fused-ring (bicyclic) bond motifs is 1. The molecule has 2 aliphatic heterocycles. The predicted molar refractivity (Wildman–Crippen MR) is 102 cm³/mol. The molecule has 1 saturated heterocycles. The van der Waals surface area contributed by atoms with Gasteiger partial charge in [0.05, 0.1) is 6.10 Å². The van der Waals surface area contributed by atoms with Crippen LogP contribution in [0.5, 0.6) is 23.0 Å². The zero-order valence-corrected chi connectivity index (χ0v) is 16.1. The van der Waals surface area contributed by atoms with Gasteiger partial charge in [-0.05, 0) is 24.6 Å². The highest BCUT2D eigenvalue weighted by atomic mass is 16.7. The van der Waals surface area contributed by atoms with Crippen LogP contribution in [0.3, 0.4) is 0 Å². The molecular weight excluding hydrogens is 396 g/mol. The maximum atomic E-state index is 10.3. The monoisotopic (exact) mass is 420 g/mol. The van der Waals surface area contributed by atoms with E-state index in [2.05, 4.69) is 0 Å². The Morgan fingerprint density at radius 3 is 2.30 bits per heavy atom. The summed E-state index contributed by atoms with van der Waals surface area (Å²) in [4.78, 5) is 0. The van der Waals surface area contributed by atoms with E-state index >= 15 is 0 Å². The van der Waals surface area contributed by atoms with Crippen LogP contribution in [0.1, 0.15) is 24.2 Å². The Labute approximate surface area is 172 Å². The summed E-state index contributed by atoms with van der Waals surface area (Å²) < 4.78 is 17.5. The largest absolute Gasteiger partial charge is 0.508 e. The molecule has 0 bridgehead atoms. The molecule has 30 heavy (non-hydrogen) atoms. The Morgan fingerprint density at radius 2 is 1.60 bits per heavy atom. The predicted octanol–water partition coefficient (Wildman–Crippen LogP) is 0.692. The van der Waals surface area contributed by atoms with Crippen molar-refractivity contribution in [3.8, 4) is 23.0 Å². The van der Waals surface area contributed by atoms with Gasteiger partial charge in [-0.15, -0.1) is 0 Å². The van der Waals surface area contributed by atoms with Crippen LogP contribution in [-0.2, 0) is 15.9 Å². The van der Waals surface area contributed by atoms with Crippen LogP contribution in [0.25, 0.3) is 0 Å². The van der Waals surface area contributed by atoms with E-state index in [1.54, 1.807) is 19.1 Å². The second-order valence-electron chi connectivity index (χ2n) is 7.63. The van der Waals surface area contributed by atoms with Crippen molar-refractivity contribution in [2.24, 2.45) is 0 Å². The Bertz CT molecular complexity index is 900. The standard InChI is InChI=1S/C21H24O9/c1-9-17(25)18(26)19(27)21(28-9)30-16-8-13-14(24)6-12(23)7-15(13)29-20(16)10-2-4-11(22)5-3-10/h2-7,9,16-27H,8H2,1H3/t9-,16+,17-,18+,19+,20+,21-/m0/s1. The maximum Gasteiger partial charge on any atom is 0.187 e. The quantitative estimate of drug-likeness (QED) is 0.422. The molecular formula is C21H24O9. The van der Waals surface area contributed by atoms with Crippen molar-refractivity contribution in [3.05, 3.63) is 47.5 Å². The van der Waals surface area contributed by atoms with Crippen molar-refractivity contribution < 1.29 is 44.8 Å². The van der Waals surface area contributed by atoms with Gasteiger partial charge in [0, 0.05) is 24.1 Å². The molecule has 0 spiro atoms. The van der Waals surface area contributed by atoms with Crippen molar-refractivity contribution in [3.63, 3.8) is 0 Å². The maximum absolute atomic E-state index is 10.3. The molecule has 2 heterocycles. The van der Waals surface area contributed by atoms with Gasteiger partial charge in [-0.2, -0.15) is 0 Å². The normalized spacial score (nSPS) is 33.5. The van der Waals surface area contributed by atoms with Gasteiger partial charge in [-0.3, -0.25) is 0 Å². The molecule has 1 fully saturated rings. The summed E-state index contributed by atoms with van der Waals surface area (Å²) in [6.45, 7) is 1.55. The minimum atomic E-state index is -1.49. The lowest BCUT2D eigenvalue weighted by atomic mass is 9.93. The summed E-state index contributed by atoms with van der Waals surface area (Å²) in [5, 5.41) is 59.9. The van der Waals surface area contributed by atoms with Crippen molar-refractivity contribution in [1.29, 1.82) is 0 Å². The zero-order chi connectivity index (χ0) is 21.6. The van der Waals surface area contributed by atoms with E-state index < -0.39 is 42.9 Å². The lowest BCUT2D eigenvalue weighted by Crippen LogP contribution is -2.58. The number of aliphatic hydroxyl groups excluding tert-OH is 3. The third-order valence-electron chi connectivity index (χ3n) is 5.51. The van der Waals surface area contributed by atoms with Gasteiger partial charge in [0.2, 0.25) is 0 Å². The second-order valence-corrected chi connectivity index (χ2v) is 7.63. The van der Waals surface area contributed by atoms with Crippen LogP contribution in [0.15, 0.2) is 36.4 Å². The molecule has 0 saturated carbocycles. The molecule has 2 aromatic rings. The van der Waals surface area contributed by atoms with Gasteiger partial charge in [-0.1, -0.05) is 12.1 Å². The van der Waals surface area contributed by atoms with Gasteiger partial charge in [-0.25, -0.2) is 0 Å². The molecule has 7 atom stereocenters. The minimum absolute atomic E-state index is 0.0692. The molecule has 6 N–H and O–H groups in total. The van der Waals surface area contributed by atoms with Crippen LogP contribution < -0.4 is 4.74 Å². The number of phenols is 3. The minimum Gasteiger partial charge on any atom is -0.508 e. The zero-order valence-electron chi connectivity index (χ0n) is 16.1. The Morgan fingerprint density at radius 1 is 0.900 bits per heavy atom. The fraction of sp³-hybridized carbons (Fsp3) is 0.429. The van der Waals surface area contributed by atoms with Crippen LogP contribution in [0.4, 0.5) is 0 Å². The number of ether oxygens (including phenoxy) is 3. The Hall–Kier alpha value is -2.56. The third-order valence-corrected chi connectivity index (χ3v) is 5.51. The van der Waals surface area contributed by atoms with E-state index in [9.17, 15) is 30.6 Å². The van der Waals surface area contributed by atoms with Crippen molar-refractivity contribution >= 4 is 0 Å². The van der Waals surface area contributed by atoms with E-state index in [4.69, 9.17) is 14.2 Å². The van der Waals surface area contributed by atoms with Gasteiger partial charge in [0.15, 0.2) is 12.4 Å². The van der Waals surface area contributed by atoms with Crippen molar-refractivity contribution in [2.45, 2.75) is 56.3 Å². The first-order valence-corrected chi connectivity index (χ1v) is 9.60. The number of phenolic OH excluding ortho intramolecular Hbond substituents is 3. The average Bonchev–Trinajstić information content (AvgIpc) is 2.71. The number of aliphatic hydroxyl groups is 3. The summed E-state index contributed by atoms with van der Waals surface area (Å²) >= 11 is 0. The highest BCUT2D eigenvalue weighted by molar-refractivity contribution is 5.51. The van der Waals surface area contributed by atoms with Crippen LogP contribution in [0.2, 0.25) is 0 Å². The smallest absolute Gasteiger partial charge is 0.187 e. The first kappa shape index (κ1) is 20.7. The van der Waals surface area contributed by atoms with E-state index in [0.717, 1.165) is 0 Å². The average molecular weight is 420 g/mol. The van der Waals surface area contributed by atoms with Gasteiger partial charge >= 0.3 is 0 Å². The summed E-state index contributed by atoms with van der Waals surface area (Å²) in [6, 6.07) is 8.83. The topological polar surface area (TPSA) is 149 Å². The molecule has 0 aliphatic carbocycles. The van der Waals surface area contributed by atoms with E-state index in [1.165, 1.54) is 24.3 Å². The SMILES string of the molecule is C[C@@H]1O[C@@H](O[C@@H]2Cc3c(O)cc(O)cc3O[C@@H]2c2ccc(O)cc2)[C@H](O)[C@H](O)[C@H]1O. The number of benzene rings is 2. The number of rotatable bonds is 3. The summed E-state index contributed by atoms with van der Waals surface area (Å²) in [6.07, 6.45) is -7.55. The number of hydrogen-bond donors (Lipinski definition) is 6. The molecule has 2 aromatic carbocycles. The molecule has 9 nitrogen and oxygen atoms in total.